The van der Waals surface area contributed by atoms with Gasteiger partial charge in [-0.25, -0.2) is 0 Å². The highest BCUT2D eigenvalue weighted by molar-refractivity contribution is 6.28. The molecule has 0 fully saturated rings. The summed E-state index contributed by atoms with van der Waals surface area (Å²) in [6.45, 7) is 0. The maximum atomic E-state index is 6.76. The van der Waals surface area contributed by atoms with Crippen LogP contribution >= 0.6 is 0 Å². The minimum Gasteiger partial charge on any atom is -0.456 e. The fourth-order valence-corrected chi connectivity index (χ4v) is 8.63. The van der Waals surface area contributed by atoms with Gasteiger partial charge < -0.3 is 4.42 Å². The zero-order valence-electron chi connectivity index (χ0n) is 28.9. The smallest absolute Gasteiger partial charge is 0.136 e. The Balaban J connectivity index is 1.24. The number of benzene rings is 10. The summed E-state index contributed by atoms with van der Waals surface area (Å²) in [4.78, 5) is 0. The summed E-state index contributed by atoms with van der Waals surface area (Å²) in [5.74, 6) is 0. The Morgan fingerprint density at radius 2 is 0.717 bits per heavy atom. The lowest BCUT2D eigenvalue weighted by Gasteiger charge is -2.20. The van der Waals surface area contributed by atoms with Crippen LogP contribution in [0.25, 0.3) is 110 Å². The van der Waals surface area contributed by atoms with Crippen LogP contribution in [0, 0.1) is 0 Å². The molecule has 10 aromatic carbocycles. The Morgan fingerprint density at radius 3 is 1.30 bits per heavy atom. The van der Waals surface area contributed by atoms with Crippen LogP contribution in [-0.4, -0.2) is 0 Å². The molecule has 11 aromatic rings. The van der Waals surface area contributed by atoms with Gasteiger partial charge in [-0.1, -0.05) is 158 Å². The van der Waals surface area contributed by atoms with E-state index in [9.17, 15) is 0 Å². The second kappa shape index (κ2) is 11.8. The van der Waals surface area contributed by atoms with E-state index in [0.29, 0.717) is 0 Å². The molecule has 1 nitrogen and oxygen atoms in total. The standard InChI is InChI=1S/C52H32O/c1-3-15-33(16-4-1)37-27-38(34-17-5-2-6-18-34)29-39(28-37)50-42-23-11-13-25-44(42)51(45-26-14-12-24-43(45)50)46-32-49-52(41-22-10-9-21-40(41)46)47-30-35-19-7-8-20-36(35)31-48(47)53-49/h1-32H. The van der Waals surface area contributed by atoms with Crippen molar-refractivity contribution in [3.8, 4) is 44.5 Å². The molecule has 246 valence electrons. The van der Waals surface area contributed by atoms with Gasteiger partial charge in [0.1, 0.15) is 11.2 Å². The first-order valence-electron chi connectivity index (χ1n) is 18.3. The lowest BCUT2D eigenvalue weighted by atomic mass is 9.83. The molecular formula is C52H32O. The molecule has 0 saturated heterocycles. The zero-order valence-corrected chi connectivity index (χ0v) is 28.9. The minimum atomic E-state index is 0.907. The van der Waals surface area contributed by atoms with Crippen LogP contribution in [0.1, 0.15) is 0 Å². The van der Waals surface area contributed by atoms with Gasteiger partial charge >= 0.3 is 0 Å². The monoisotopic (exact) mass is 672 g/mol. The maximum Gasteiger partial charge on any atom is 0.136 e. The molecule has 0 radical (unpaired) electrons. The van der Waals surface area contributed by atoms with Gasteiger partial charge in [-0.2, -0.15) is 0 Å². The van der Waals surface area contributed by atoms with Crippen LogP contribution in [0.15, 0.2) is 199 Å². The van der Waals surface area contributed by atoms with Crippen LogP contribution in [-0.2, 0) is 0 Å². The van der Waals surface area contributed by atoms with Gasteiger partial charge in [-0.3, -0.25) is 0 Å². The molecule has 0 bridgehead atoms. The Morgan fingerprint density at radius 1 is 0.264 bits per heavy atom. The molecule has 1 heterocycles. The van der Waals surface area contributed by atoms with E-state index < -0.39 is 0 Å². The van der Waals surface area contributed by atoms with E-state index in [4.69, 9.17) is 4.42 Å². The third kappa shape index (κ3) is 4.71. The lowest BCUT2D eigenvalue weighted by molar-refractivity contribution is 0.670. The van der Waals surface area contributed by atoms with Gasteiger partial charge in [0, 0.05) is 10.8 Å². The molecule has 0 unspecified atom stereocenters. The van der Waals surface area contributed by atoms with Gasteiger partial charge in [0.05, 0.1) is 0 Å². The number of hydrogen-bond acceptors (Lipinski definition) is 1. The quantitative estimate of drug-likeness (QED) is 0.170. The molecule has 53 heavy (non-hydrogen) atoms. The molecule has 1 aromatic heterocycles. The normalized spacial score (nSPS) is 11.8. The molecule has 11 rings (SSSR count). The predicted octanol–water partition coefficient (Wildman–Crippen LogP) is 14.9. The summed E-state index contributed by atoms with van der Waals surface area (Å²) in [5, 5.41) is 12.0. The highest BCUT2D eigenvalue weighted by atomic mass is 16.3. The molecular weight excluding hydrogens is 641 g/mol. The Bertz CT molecular complexity index is 3090. The van der Waals surface area contributed by atoms with Crippen molar-refractivity contribution in [3.63, 3.8) is 0 Å². The van der Waals surface area contributed by atoms with Crippen LogP contribution in [0.2, 0.25) is 0 Å². The van der Waals surface area contributed by atoms with E-state index in [1.165, 1.54) is 93.0 Å². The minimum absolute atomic E-state index is 0.907. The van der Waals surface area contributed by atoms with Gasteiger partial charge in [0.2, 0.25) is 0 Å². The van der Waals surface area contributed by atoms with E-state index >= 15 is 0 Å². The van der Waals surface area contributed by atoms with E-state index in [1.807, 2.05) is 0 Å². The summed E-state index contributed by atoms with van der Waals surface area (Å²) >= 11 is 0. The van der Waals surface area contributed by atoms with Crippen molar-refractivity contribution in [1.82, 2.24) is 0 Å². The number of rotatable bonds is 4. The third-order valence-electron chi connectivity index (χ3n) is 11.0. The molecule has 0 saturated carbocycles. The van der Waals surface area contributed by atoms with Gasteiger partial charge in [-0.15, -0.1) is 0 Å². The van der Waals surface area contributed by atoms with E-state index in [2.05, 4.69) is 194 Å². The Kier molecular flexibility index (Phi) is 6.62. The average Bonchev–Trinajstić information content (AvgIpc) is 3.59. The number of hydrogen-bond donors (Lipinski definition) is 0. The van der Waals surface area contributed by atoms with Crippen molar-refractivity contribution < 1.29 is 4.42 Å². The Hall–Kier alpha value is -6.96. The van der Waals surface area contributed by atoms with Crippen molar-refractivity contribution in [1.29, 1.82) is 0 Å². The fourth-order valence-electron chi connectivity index (χ4n) is 8.63. The summed E-state index contributed by atoms with van der Waals surface area (Å²) in [5.41, 5.74) is 11.5. The maximum absolute atomic E-state index is 6.76. The summed E-state index contributed by atoms with van der Waals surface area (Å²) in [6, 6.07) is 70.5. The van der Waals surface area contributed by atoms with Crippen LogP contribution < -0.4 is 0 Å². The third-order valence-corrected chi connectivity index (χ3v) is 11.0. The van der Waals surface area contributed by atoms with Crippen LogP contribution in [0.5, 0.6) is 0 Å². The zero-order chi connectivity index (χ0) is 34.9. The first kappa shape index (κ1) is 29.7. The van der Waals surface area contributed by atoms with Crippen molar-refractivity contribution >= 4 is 65.0 Å². The average molecular weight is 673 g/mol. The molecule has 0 aliphatic heterocycles. The fraction of sp³-hybridized carbons (Fsp3) is 0. The van der Waals surface area contributed by atoms with Crippen molar-refractivity contribution in [2.75, 3.05) is 0 Å². The van der Waals surface area contributed by atoms with E-state index in [1.54, 1.807) is 0 Å². The van der Waals surface area contributed by atoms with Crippen molar-refractivity contribution in [3.05, 3.63) is 194 Å². The molecule has 0 spiro atoms. The lowest BCUT2D eigenvalue weighted by Crippen LogP contribution is -1.93. The van der Waals surface area contributed by atoms with Crippen LogP contribution in [0.4, 0.5) is 0 Å². The summed E-state index contributed by atoms with van der Waals surface area (Å²) < 4.78 is 6.76. The predicted molar refractivity (Wildman–Crippen MR) is 225 cm³/mol. The van der Waals surface area contributed by atoms with Gasteiger partial charge in [0.25, 0.3) is 0 Å². The van der Waals surface area contributed by atoms with Crippen molar-refractivity contribution in [2.24, 2.45) is 0 Å². The topological polar surface area (TPSA) is 13.1 Å². The summed E-state index contributed by atoms with van der Waals surface area (Å²) in [7, 11) is 0. The molecule has 0 amide bonds. The number of fused-ring (bicyclic) bond motifs is 8. The largest absolute Gasteiger partial charge is 0.456 e. The van der Waals surface area contributed by atoms with Crippen molar-refractivity contribution in [2.45, 2.75) is 0 Å². The molecule has 0 aliphatic rings. The second-order valence-corrected chi connectivity index (χ2v) is 14.0. The van der Waals surface area contributed by atoms with E-state index in [-0.39, 0.29) is 0 Å². The molecule has 0 N–H and O–H groups in total. The van der Waals surface area contributed by atoms with Gasteiger partial charge in [0.15, 0.2) is 0 Å². The van der Waals surface area contributed by atoms with Crippen LogP contribution in [0.3, 0.4) is 0 Å². The SMILES string of the molecule is c1ccc(-c2cc(-c3ccccc3)cc(-c3c4ccccc4c(-c4cc5oc6cc7ccccc7cc6c5c5ccccc45)c4ccccc34)c2)cc1. The highest BCUT2D eigenvalue weighted by Crippen LogP contribution is 2.48. The molecule has 0 aliphatic carbocycles. The van der Waals surface area contributed by atoms with E-state index in [0.717, 1.165) is 16.6 Å². The molecule has 1 heteroatoms. The summed E-state index contributed by atoms with van der Waals surface area (Å²) in [6.07, 6.45) is 0. The number of furan rings is 1. The first-order valence-corrected chi connectivity index (χ1v) is 18.3. The Labute approximate surface area is 307 Å². The molecule has 0 atom stereocenters. The van der Waals surface area contributed by atoms with Gasteiger partial charge in [-0.05, 0) is 124 Å². The second-order valence-electron chi connectivity index (χ2n) is 14.0. The highest BCUT2D eigenvalue weighted by Gasteiger charge is 2.22. The first-order chi connectivity index (χ1) is 26.3.